The highest BCUT2D eigenvalue weighted by Gasteiger charge is 2.20. The van der Waals surface area contributed by atoms with Crippen molar-refractivity contribution in [2.24, 2.45) is 0 Å². The molecular formula is C15H15ClF2N2O. The number of Topliss-reactive ketones (excluding diaryl/α,β-unsaturated/α-hetero) is 1. The van der Waals surface area contributed by atoms with Crippen molar-refractivity contribution in [3.8, 4) is 0 Å². The molecule has 0 atom stereocenters. The van der Waals surface area contributed by atoms with Gasteiger partial charge >= 0.3 is 0 Å². The van der Waals surface area contributed by atoms with Crippen molar-refractivity contribution in [2.75, 3.05) is 0 Å². The lowest BCUT2D eigenvalue weighted by Crippen LogP contribution is -2.12. The van der Waals surface area contributed by atoms with E-state index in [1.807, 2.05) is 6.92 Å². The maximum atomic E-state index is 13.8. The second-order valence-corrected chi connectivity index (χ2v) is 5.22. The molecule has 1 aromatic carbocycles. The fraction of sp³-hybridized carbons (Fsp3) is 0.333. The van der Waals surface area contributed by atoms with Crippen LogP contribution in [0.3, 0.4) is 0 Å². The summed E-state index contributed by atoms with van der Waals surface area (Å²) in [5, 5.41) is 4.62. The van der Waals surface area contributed by atoms with Gasteiger partial charge < -0.3 is 0 Å². The van der Waals surface area contributed by atoms with Crippen LogP contribution in [0.25, 0.3) is 0 Å². The first-order valence-corrected chi connectivity index (χ1v) is 6.93. The van der Waals surface area contributed by atoms with Crippen molar-refractivity contribution in [3.05, 3.63) is 51.3 Å². The molecule has 0 fully saturated rings. The quantitative estimate of drug-likeness (QED) is 0.803. The van der Waals surface area contributed by atoms with Crippen LogP contribution in [-0.4, -0.2) is 15.6 Å². The number of nitrogens with zero attached hydrogens (tertiary/aromatic N) is 2. The van der Waals surface area contributed by atoms with Gasteiger partial charge in [0.1, 0.15) is 11.6 Å². The molecule has 21 heavy (non-hydrogen) atoms. The van der Waals surface area contributed by atoms with Gasteiger partial charge in [0.15, 0.2) is 5.78 Å². The highest BCUT2D eigenvalue weighted by molar-refractivity contribution is 6.32. The Bertz CT molecular complexity index is 710. The third-order valence-electron chi connectivity index (χ3n) is 3.33. The number of benzene rings is 1. The first kappa shape index (κ1) is 15.6. The van der Waals surface area contributed by atoms with Crippen LogP contribution in [0.1, 0.15) is 34.2 Å². The third-order valence-corrected chi connectivity index (χ3v) is 3.82. The lowest BCUT2D eigenvalue weighted by Gasteiger charge is -2.07. The molecule has 112 valence electrons. The normalized spacial score (nSPS) is 11.0. The first-order valence-electron chi connectivity index (χ1n) is 6.55. The monoisotopic (exact) mass is 312 g/mol. The Balaban J connectivity index is 2.37. The lowest BCUT2D eigenvalue weighted by atomic mass is 10.0. The van der Waals surface area contributed by atoms with Gasteiger partial charge in [0, 0.05) is 12.6 Å². The van der Waals surface area contributed by atoms with Gasteiger partial charge in [-0.05, 0) is 32.4 Å². The number of carbonyl (C=O) groups is 1. The fourth-order valence-electron chi connectivity index (χ4n) is 2.16. The molecule has 1 heterocycles. The minimum atomic E-state index is -0.862. The number of carbonyl (C=O) groups excluding carboxylic acids is 1. The van der Waals surface area contributed by atoms with Crippen LogP contribution in [-0.2, 0) is 13.0 Å². The van der Waals surface area contributed by atoms with Crippen LogP contribution < -0.4 is 0 Å². The number of aryl methyl sites for hydroxylation is 3. The predicted octanol–water partition coefficient (Wildman–Crippen LogP) is 3.88. The Kier molecular flexibility index (Phi) is 4.42. The smallest absolute Gasteiger partial charge is 0.171 e. The van der Waals surface area contributed by atoms with E-state index in [-0.39, 0.29) is 17.5 Å². The standard InChI is InChI=1S/C15H15ClF2N2O/c1-4-20-13(15(16)9(3)19-20)7-14(21)10-5-8(2)11(17)6-12(10)18/h5-6H,4,7H2,1-3H3. The van der Waals surface area contributed by atoms with Crippen molar-refractivity contribution in [1.82, 2.24) is 9.78 Å². The van der Waals surface area contributed by atoms with E-state index in [2.05, 4.69) is 5.10 Å². The number of hydrogen-bond donors (Lipinski definition) is 0. The van der Waals surface area contributed by atoms with Crippen LogP contribution in [0.15, 0.2) is 12.1 Å². The van der Waals surface area contributed by atoms with E-state index in [1.165, 1.54) is 13.0 Å². The average molecular weight is 313 g/mol. The van der Waals surface area contributed by atoms with Gasteiger partial charge in [0.25, 0.3) is 0 Å². The van der Waals surface area contributed by atoms with Gasteiger partial charge in [0.05, 0.1) is 28.4 Å². The zero-order chi connectivity index (χ0) is 15.7. The van der Waals surface area contributed by atoms with Crippen molar-refractivity contribution < 1.29 is 13.6 Å². The van der Waals surface area contributed by atoms with E-state index < -0.39 is 17.4 Å². The number of ketones is 1. The summed E-state index contributed by atoms with van der Waals surface area (Å²) in [6, 6.07) is 1.95. The molecule has 0 N–H and O–H groups in total. The zero-order valence-corrected chi connectivity index (χ0v) is 12.8. The molecule has 6 heteroatoms. The molecule has 2 aromatic rings. The van der Waals surface area contributed by atoms with Gasteiger partial charge in [0.2, 0.25) is 0 Å². The molecule has 0 aliphatic rings. The second-order valence-electron chi connectivity index (χ2n) is 4.84. The molecule has 0 bridgehead atoms. The van der Waals surface area contributed by atoms with E-state index in [4.69, 9.17) is 11.6 Å². The van der Waals surface area contributed by atoms with Crippen LogP contribution in [0.5, 0.6) is 0 Å². The van der Waals surface area contributed by atoms with Crippen LogP contribution >= 0.6 is 11.6 Å². The maximum Gasteiger partial charge on any atom is 0.171 e. The molecule has 0 saturated carbocycles. The van der Waals surface area contributed by atoms with Crippen LogP contribution in [0.2, 0.25) is 5.02 Å². The summed E-state index contributed by atoms with van der Waals surface area (Å²) in [5.41, 5.74) is 1.26. The Morgan fingerprint density at radius 2 is 1.95 bits per heavy atom. The zero-order valence-electron chi connectivity index (χ0n) is 12.0. The average Bonchev–Trinajstić information content (AvgIpc) is 2.70. The van der Waals surface area contributed by atoms with E-state index in [0.29, 0.717) is 23.0 Å². The van der Waals surface area contributed by atoms with Gasteiger partial charge in [-0.1, -0.05) is 11.6 Å². The molecule has 0 aliphatic heterocycles. The minimum absolute atomic E-state index is 0.0739. The molecule has 0 unspecified atom stereocenters. The summed E-state index contributed by atoms with van der Waals surface area (Å²) in [7, 11) is 0. The summed E-state index contributed by atoms with van der Waals surface area (Å²) >= 11 is 6.13. The lowest BCUT2D eigenvalue weighted by molar-refractivity contribution is 0.0986. The van der Waals surface area contributed by atoms with Crippen molar-refractivity contribution in [2.45, 2.75) is 33.7 Å². The summed E-state index contributed by atoms with van der Waals surface area (Å²) in [5.74, 6) is -1.98. The highest BCUT2D eigenvalue weighted by Crippen LogP contribution is 2.23. The Hall–Kier alpha value is -1.75. The predicted molar refractivity (Wildman–Crippen MR) is 76.8 cm³/mol. The van der Waals surface area contributed by atoms with Gasteiger partial charge in [-0.3, -0.25) is 9.48 Å². The summed E-state index contributed by atoms with van der Waals surface area (Å²) in [4.78, 5) is 12.3. The summed E-state index contributed by atoms with van der Waals surface area (Å²) in [6.45, 7) is 5.66. The van der Waals surface area contributed by atoms with E-state index in [1.54, 1.807) is 11.6 Å². The molecule has 0 spiro atoms. The van der Waals surface area contributed by atoms with E-state index in [9.17, 15) is 13.6 Å². The molecule has 0 radical (unpaired) electrons. The highest BCUT2D eigenvalue weighted by atomic mass is 35.5. The van der Waals surface area contributed by atoms with Crippen molar-refractivity contribution >= 4 is 17.4 Å². The minimum Gasteiger partial charge on any atom is -0.294 e. The van der Waals surface area contributed by atoms with Crippen molar-refractivity contribution in [3.63, 3.8) is 0 Å². The Labute approximate surface area is 126 Å². The van der Waals surface area contributed by atoms with Gasteiger partial charge in [-0.15, -0.1) is 0 Å². The molecule has 3 nitrogen and oxygen atoms in total. The first-order chi connectivity index (χ1) is 9.85. The molecule has 1 aromatic heterocycles. The van der Waals surface area contributed by atoms with Crippen molar-refractivity contribution in [1.29, 1.82) is 0 Å². The maximum absolute atomic E-state index is 13.8. The van der Waals surface area contributed by atoms with E-state index in [0.717, 1.165) is 6.07 Å². The topological polar surface area (TPSA) is 34.9 Å². The third kappa shape index (κ3) is 2.97. The number of halogens is 3. The SMILES string of the molecule is CCn1nc(C)c(Cl)c1CC(=O)c1cc(C)c(F)cc1F. The largest absolute Gasteiger partial charge is 0.294 e. The number of aromatic nitrogens is 2. The van der Waals surface area contributed by atoms with Gasteiger partial charge in [-0.25, -0.2) is 8.78 Å². The fourth-order valence-corrected chi connectivity index (χ4v) is 2.36. The molecule has 0 saturated heterocycles. The molecule has 0 amide bonds. The Morgan fingerprint density at radius 3 is 2.57 bits per heavy atom. The van der Waals surface area contributed by atoms with E-state index >= 15 is 0 Å². The van der Waals surface area contributed by atoms with Crippen LogP contribution in [0, 0.1) is 25.5 Å². The Morgan fingerprint density at radius 1 is 1.29 bits per heavy atom. The molecule has 0 aliphatic carbocycles. The molecular weight excluding hydrogens is 298 g/mol. The number of hydrogen-bond acceptors (Lipinski definition) is 2. The molecule has 2 rings (SSSR count). The summed E-state index contributed by atoms with van der Waals surface area (Å²) < 4.78 is 28.6. The van der Waals surface area contributed by atoms with Gasteiger partial charge in [-0.2, -0.15) is 5.10 Å². The second kappa shape index (κ2) is 5.93. The number of rotatable bonds is 4. The van der Waals surface area contributed by atoms with Crippen LogP contribution in [0.4, 0.5) is 8.78 Å². The summed E-state index contributed by atoms with van der Waals surface area (Å²) in [6.07, 6.45) is -0.0739.